The molecular weight excluding hydrogens is 225 g/mol. The van der Waals surface area contributed by atoms with E-state index in [2.05, 4.69) is 6.07 Å². The van der Waals surface area contributed by atoms with Gasteiger partial charge in [0.2, 0.25) is 0 Å². The minimum atomic E-state index is -0.885. The first-order chi connectivity index (χ1) is 7.73. The maximum atomic E-state index is 13.6. The van der Waals surface area contributed by atoms with Crippen molar-refractivity contribution in [3.8, 4) is 0 Å². The molecule has 2 rings (SSSR count). The van der Waals surface area contributed by atoms with E-state index in [1.54, 1.807) is 0 Å². The summed E-state index contributed by atoms with van der Waals surface area (Å²) < 4.78 is 37.9. The van der Waals surface area contributed by atoms with Gasteiger partial charge in [0.1, 0.15) is 11.6 Å². The lowest BCUT2D eigenvalue weighted by molar-refractivity contribution is 0.00578. The molecular formula is C12H14BF2O2. The Morgan fingerprint density at radius 2 is 1.65 bits per heavy atom. The van der Waals surface area contributed by atoms with Gasteiger partial charge in [-0.2, -0.15) is 0 Å². The number of rotatable bonds is 1. The molecule has 0 amide bonds. The maximum absolute atomic E-state index is 13.6. The summed E-state index contributed by atoms with van der Waals surface area (Å²) in [4.78, 5) is 0. The van der Waals surface area contributed by atoms with E-state index >= 15 is 0 Å². The van der Waals surface area contributed by atoms with E-state index in [-0.39, 0.29) is 5.46 Å². The Hall–Kier alpha value is -0.935. The molecule has 2 nitrogen and oxygen atoms in total. The van der Waals surface area contributed by atoms with Crippen molar-refractivity contribution < 1.29 is 18.1 Å². The monoisotopic (exact) mass is 239 g/mol. The largest absolute Gasteiger partial charge is 0.497 e. The lowest BCUT2D eigenvalue weighted by Gasteiger charge is -2.32. The van der Waals surface area contributed by atoms with Crippen LogP contribution in [0.1, 0.15) is 27.7 Å². The summed E-state index contributed by atoms with van der Waals surface area (Å²) in [5.74, 6) is -1.21. The van der Waals surface area contributed by atoms with Gasteiger partial charge in [-0.05, 0) is 39.8 Å². The molecule has 0 N–H and O–H groups in total. The Balaban J connectivity index is 2.35. The third-order valence-corrected chi connectivity index (χ3v) is 3.40. The molecule has 1 aliphatic rings. The molecule has 1 aromatic rings. The highest BCUT2D eigenvalue weighted by Crippen LogP contribution is 2.36. The summed E-state index contributed by atoms with van der Waals surface area (Å²) in [6.45, 7) is 7.43. The first-order valence-corrected chi connectivity index (χ1v) is 5.45. The fraction of sp³-hybridized carbons (Fsp3) is 0.500. The second-order valence-electron chi connectivity index (χ2n) is 5.17. The summed E-state index contributed by atoms with van der Waals surface area (Å²) >= 11 is 0. The summed E-state index contributed by atoms with van der Waals surface area (Å²) in [7, 11) is -0.885. The van der Waals surface area contributed by atoms with Crippen molar-refractivity contribution in [3.05, 3.63) is 29.8 Å². The zero-order valence-electron chi connectivity index (χ0n) is 10.3. The van der Waals surface area contributed by atoms with Gasteiger partial charge in [0.25, 0.3) is 0 Å². The topological polar surface area (TPSA) is 18.5 Å². The zero-order chi connectivity index (χ0) is 12.8. The van der Waals surface area contributed by atoms with Gasteiger partial charge in [-0.3, -0.25) is 0 Å². The second kappa shape index (κ2) is 3.78. The molecule has 0 spiro atoms. The first-order valence-electron chi connectivity index (χ1n) is 5.45. The van der Waals surface area contributed by atoms with E-state index in [0.29, 0.717) is 0 Å². The van der Waals surface area contributed by atoms with Gasteiger partial charge in [-0.15, -0.1) is 0 Å². The average molecular weight is 239 g/mol. The van der Waals surface area contributed by atoms with Gasteiger partial charge in [-0.1, -0.05) is 0 Å². The molecule has 91 valence electrons. The predicted octanol–water partition coefficient (Wildman–Crippen LogP) is 2.06. The molecule has 0 unspecified atom stereocenters. The van der Waals surface area contributed by atoms with Gasteiger partial charge in [0, 0.05) is 11.5 Å². The molecule has 1 fully saturated rings. The van der Waals surface area contributed by atoms with Crippen LogP contribution in [0.15, 0.2) is 12.1 Å². The molecule has 1 heterocycles. The second-order valence-corrected chi connectivity index (χ2v) is 5.17. The van der Waals surface area contributed by atoms with Gasteiger partial charge >= 0.3 is 7.12 Å². The van der Waals surface area contributed by atoms with E-state index in [1.807, 2.05) is 27.7 Å². The van der Waals surface area contributed by atoms with E-state index in [1.165, 1.54) is 0 Å². The van der Waals surface area contributed by atoms with Crippen molar-refractivity contribution in [2.24, 2.45) is 0 Å². The number of benzene rings is 1. The molecule has 0 aliphatic carbocycles. The highest BCUT2D eigenvalue weighted by Gasteiger charge is 2.52. The van der Waals surface area contributed by atoms with Gasteiger partial charge in [0.15, 0.2) is 0 Å². The first kappa shape index (κ1) is 12.5. The predicted molar refractivity (Wildman–Crippen MR) is 60.9 cm³/mol. The summed E-state index contributed by atoms with van der Waals surface area (Å²) in [6.07, 6.45) is 0. The molecule has 0 saturated carbocycles. The molecule has 0 atom stereocenters. The van der Waals surface area contributed by atoms with Crippen molar-refractivity contribution >= 4 is 12.6 Å². The van der Waals surface area contributed by atoms with Crippen LogP contribution in [0.2, 0.25) is 0 Å². The maximum Gasteiger partial charge on any atom is 0.497 e. The number of halogens is 2. The average Bonchev–Trinajstić information content (AvgIpc) is 2.40. The summed E-state index contributed by atoms with van der Waals surface area (Å²) in [5.41, 5.74) is -1.07. The SMILES string of the molecule is CC1(C)OB(c2cc(F)[c]cc2F)OC1(C)C. The van der Waals surface area contributed by atoms with Crippen molar-refractivity contribution in [2.75, 3.05) is 0 Å². The van der Waals surface area contributed by atoms with Crippen LogP contribution in [-0.4, -0.2) is 18.3 Å². The van der Waals surface area contributed by atoms with Crippen LogP contribution in [0.4, 0.5) is 8.78 Å². The molecule has 1 radical (unpaired) electrons. The van der Waals surface area contributed by atoms with E-state index in [9.17, 15) is 8.78 Å². The van der Waals surface area contributed by atoms with Crippen molar-refractivity contribution in [3.63, 3.8) is 0 Å². The lowest BCUT2D eigenvalue weighted by Crippen LogP contribution is -2.41. The van der Waals surface area contributed by atoms with E-state index in [4.69, 9.17) is 9.31 Å². The Morgan fingerprint density at radius 3 is 2.18 bits per heavy atom. The number of hydrogen-bond donors (Lipinski definition) is 0. The lowest BCUT2D eigenvalue weighted by atomic mass is 9.78. The summed E-state index contributed by atoms with van der Waals surface area (Å²) in [6, 6.07) is 4.16. The Bertz CT molecular complexity index is 430. The summed E-state index contributed by atoms with van der Waals surface area (Å²) in [5, 5.41) is 0. The highest BCUT2D eigenvalue weighted by molar-refractivity contribution is 6.62. The van der Waals surface area contributed by atoms with Crippen LogP contribution < -0.4 is 5.46 Å². The molecule has 17 heavy (non-hydrogen) atoms. The van der Waals surface area contributed by atoms with Crippen LogP contribution in [0.5, 0.6) is 0 Å². The van der Waals surface area contributed by atoms with Gasteiger partial charge in [-0.25, -0.2) is 8.78 Å². The third-order valence-electron chi connectivity index (χ3n) is 3.40. The van der Waals surface area contributed by atoms with Gasteiger partial charge in [0.05, 0.1) is 11.2 Å². The normalized spacial score (nSPS) is 21.9. The van der Waals surface area contributed by atoms with Crippen LogP contribution in [-0.2, 0) is 9.31 Å². The van der Waals surface area contributed by atoms with Crippen LogP contribution >= 0.6 is 0 Å². The van der Waals surface area contributed by atoms with E-state index < -0.39 is 30.0 Å². The highest BCUT2D eigenvalue weighted by atomic mass is 19.1. The Kier molecular flexibility index (Phi) is 2.79. The molecule has 1 aromatic carbocycles. The fourth-order valence-electron chi connectivity index (χ4n) is 1.61. The Labute approximate surface area is 100 Å². The van der Waals surface area contributed by atoms with Crippen molar-refractivity contribution in [1.82, 2.24) is 0 Å². The van der Waals surface area contributed by atoms with Crippen molar-refractivity contribution in [1.29, 1.82) is 0 Å². The zero-order valence-corrected chi connectivity index (χ0v) is 10.3. The Morgan fingerprint density at radius 1 is 1.12 bits per heavy atom. The molecule has 1 saturated heterocycles. The van der Waals surface area contributed by atoms with Crippen LogP contribution in [0.3, 0.4) is 0 Å². The van der Waals surface area contributed by atoms with Crippen molar-refractivity contribution in [2.45, 2.75) is 38.9 Å². The molecule has 0 bridgehead atoms. The fourth-order valence-corrected chi connectivity index (χ4v) is 1.61. The minimum absolute atomic E-state index is 0.0694. The quantitative estimate of drug-likeness (QED) is 0.698. The minimum Gasteiger partial charge on any atom is -0.399 e. The smallest absolute Gasteiger partial charge is 0.399 e. The molecule has 1 aliphatic heterocycles. The molecule has 5 heteroatoms. The standard InChI is InChI=1S/C12H14BF2O2/c1-11(2)12(3,4)17-13(16-11)9-7-8(14)5-6-10(9)15/h6-7H,1-4H3. The van der Waals surface area contributed by atoms with E-state index in [0.717, 1.165) is 12.1 Å². The number of hydrogen-bond acceptors (Lipinski definition) is 2. The van der Waals surface area contributed by atoms with Gasteiger partial charge < -0.3 is 9.31 Å². The molecule has 0 aromatic heterocycles. The third kappa shape index (κ3) is 2.09. The van der Waals surface area contributed by atoms with Crippen LogP contribution in [0, 0.1) is 17.7 Å². The van der Waals surface area contributed by atoms with Crippen LogP contribution in [0.25, 0.3) is 0 Å².